The van der Waals surface area contributed by atoms with Gasteiger partial charge in [-0.05, 0) is 32.2 Å². The Morgan fingerprint density at radius 1 is 1.20 bits per heavy atom. The van der Waals surface area contributed by atoms with E-state index in [2.05, 4.69) is 20.2 Å². The number of nitrogens with two attached hydrogens (primary N) is 1. The largest absolute Gasteiger partial charge is 0.383 e. The molecule has 3 N–H and O–H groups in total. The molecule has 1 aromatic heterocycles. The third-order valence-electron chi connectivity index (χ3n) is 4.20. The van der Waals surface area contributed by atoms with Gasteiger partial charge in [0.1, 0.15) is 5.82 Å². The van der Waals surface area contributed by atoms with Crippen molar-refractivity contribution in [3.05, 3.63) is 36.0 Å². The van der Waals surface area contributed by atoms with Crippen LogP contribution in [0.25, 0.3) is 0 Å². The smallest absolute Gasteiger partial charge is 0.243 e. The van der Waals surface area contributed by atoms with Crippen molar-refractivity contribution in [2.24, 2.45) is 0 Å². The molecule has 0 amide bonds. The van der Waals surface area contributed by atoms with Crippen LogP contribution >= 0.6 is 0 Å². The fourth-order valence-electron chi connectivity index (χ4n) is 2.56. The minimum Gasteiger partial charge on any atom is -0.383 e. The highest BCUT2D eigenvalue weighted by Crippen LogP contribution is 2.22. The highest BCUT2D eigenvalue weighted by molar-refractivity contribution is 7.89. The molecule has 0 saturated carbocycles. The molecule has 1 aliphatic heterocycles. The van der Waals surface area contributed by atoms with Crippen molar-refractivity contribution in [1.29, 1.82) is 0 Å². The van der Waals surface area contributed by atoms with E-state index in [0.29, 0.717) is 30.5 Å². The van der Waals surface area contributed by atoms with Crippen LogP contribution in [0.2, 0.25) is 0 Å². The molecule has 2 aromatic rings. The highest BCUT2D eigenvalue weighted by atomic mass is 32.2. The lowest BCUT2D eigenvalue weighted by atomic mass is 10.3. The van der Waals surface area contributed by atoms with E-state index >= 15 is 0 Å². The number of nitrogens with one attached hydrogen (secondary N) is 1. The summed E-state index contributed by atoms with van der Waals surface area (Å²) in [6.45, 7) is 4.27. The van der Waals surface area contributed by atoms with E-state index in [1.54, 1.807) is 30.5 Å². The molecule has 1 aromatic carbocycles. The van der Waals surface area contributed by atoms with Crippen molar-refractivity contribution in [2.75, 3.05) is 44.3 Å². The summed E-state index contributed by atoms with van der Waals surface area (Å²) in [7, 11) is -1.53. The number of hydrogen-bond acceptors (Lipinski definition) is 7. The Labute approximate surface area is 147 Å². The molecule has 0 bridgehead atoms. The van der Waals surface area contributed by atoms with Crippen LogP contribution in [0.15, 0.2) is 35.4 Å². The van der Waals surface area contributed by atoms with Crippen molar-refractivity contribution in [1.82, 2.24) is 19.2 Å². The van der Waals surface area contributed by atoms with Gasteiger partial charge >= 0.3 is 0 Å². The predicted octanol–water partition coefficient (Wildman–Crippen LogP) is 1.05. The first-order chi connectivity index (χ1) is 11.9. The quantitative estimate of drug-likeness (QED) is 0.837. The summed E-state index contributed by atoms with van der Waals surface area (Å²) in [5.74, 6) is 0.718. The molecule has 0 aliphatic carbocycles. The number of sulfonamides is 1. The fourth-order valence-corrected chi connectivity index (χ4v) is 4.02. The van der Waals surface area contributed by atoms with E-state index in [1.165, 1.54) is 4.31 Å². The molecule has 3 rings (SSSR count). The van der Waals surface area contributed by atoms with Crippen molar-refractivity contribution in [3.63, 3.8) is 0 Å². The fraction of sp³-hybridized carbons (Fsp3) is 0.375. The lowest BCUT2D eigenvalue weighted by Crippen LogP contribution is -2.47. The molecular weight excluding hydrogens is 340 g/mol. The first kappa shape index (κ1) is 17.6. The molecule has 2 heterocycles. The molecular formula is C16H22N6O2S. The second kappa shape index (κ2) is 6.95. The maximum absolute atomic E-state index is 12.8. The standard InChI is InChI=1S/C16H22N6O2S/c1-12-11-18-16(20-15(12)17)19-13-4-3-5-14(10-13)25(23,24)22-8-6-21(2)7-9-22/h3-5,10-11H,6-9H2,1-2H3,(H3,17,18,19,20). The Kier molecular flexibility index (Phi) is 4.89. The van der Waals surface area contributed by atoms with Gasteiger partial charge in [-0.15, -0.1) is 0 Å². The second-order valence-corrected chi connectivity index (χ2v) is 8.06. The van der Waals surface area contributed by atoms with Gasteiger partial charge in [-0.3, -0.25) is 0 Å². The van der Waals surface area contributed by atoms with E-state index in [9.17, 15) is 8.42 Å². The minimum absolute atomic E-state index is 0.252. The Hall–Kier alpha value is -2.23. The Morgan fingerprint density at radius 2 is 1.92 bits per heavy atom. The molecule has 0 spiro atoms. The molecule has 1 saturated heterocycles. The van der Waals surface area contributed by atoms with Crippen molar-refractivity contribution < 1.29 is 8.42 Å². The number of nitrogens with zero attached hydrogens (tertiary/aromatic N) is 4. The van der Waals surface area contributed by atoms with Gasteiger partial charge in [0.25, 0.3) is 0 Å². The number of aryl methyl sites for hydroxylation is 1. The summed E-state index contributed by atoms with van der Waals surface area (Å²) in [6.07, 6.45) is 1.62. The van der Waals surface area contributed by atoms with E-state index in [-0.39, 0.29) is 4.90 Å². The molecule has 25 heavy (non-hydrogen) atoms. The van der Waals surface area contributed by atoms with Crippen LogP contribution in [0.3, 0.4) is 0 Å². The first-order valence-electron chi connectivity index (χ1n) is 8.01. The third-order valence-corrected chi connectivity index (χ3v) is 6.10. The average Bonchev–Trinajstić information content (AvgIpc) is 2.59. The molecule has 9 heteroatoms. The zero-order chi connectivity index (χ0) is 18.0. The third kappa shape index (κ3) is 3.89. The summed E-state index contributed by atoms with van der Waals surface area (Å²) >= 11 is 0. The van der Waals surface area contributed by atoms with Gasteiger partial charge < -0.3 is 16.0 Å². The average molecular weight is 362 g/mol. The van der Waals surface area contributed by atoms with Crippen LogP contribution in [0.1, 0.15) is 5.56 Å². The van der Waals surface area contributed by atoms with Crippen LogP contribution in [0.4, 0.5) is 17.5 Å². The predicted molar refractivity (Wildman–Crippen MR) is 97.2 cm³/mol. The zero-order valence-corrected chi connectivity index (χ0v) is 15.1. The van der Waals surface area contributed by atoms with Crippen LogP contribution in [0.5, 0.6) is 0 Å². The van der Waals surface area contributed by atoms with E-state index in [0.717, 1.165) is 18.7 Å². The topological polar surface area (TPSA) is 104 Å². The highest BCUT2D eigenvalue weighted by Gasteiger charge is 2.27. The monoisotopic (exact) mass is 362 g/mol. The number of aromatic nitrogens is 2. The van der Waals surface area contributed by atoms with Crippen molar-refractivity contribution in [3.8, 4) is 0 Å². The first-order valence-corrected chi connectivity index (χ1v) is 9.45. The van der Waals surface area contributed by atoms with Gasteiger partial charge in [-0.1, -0.05) is 6.07 Å². The summed E-state index contributed by atoms with van der Waals surface area (Å²) in [4.78, 5) is 10.7. The van der Waals surface area contributed by atoms with Gasteiger partial charge in [0, 0.05) is 43.6 Å². The molecule has 0 unspecified atom stereocenters. The summed E-state index contributed by atoms with van der Waals surface area (Å²) in [5, 5.41) is 3.00. The molecule has 1 aliphatic rings. The van der Waals surface area contributed by atoms with Gasteiger partial charge in [0.15, 0.2) is 0 Å². The lowest BCUT2D eigenvalue weighted by molar-refractivity contribution is 0.222. The lowest BCUT2D eigenvalue weighted by Gasteiger charge is -2.31. The van der Waals surface area contributed by atoms with Crippen LogP contribution < -0.4 is 11.1 Å². The summed E-state index contributed by atoms with van der Waals surface area (Å²) < 4.78 is 27.2. The number of anilines is 3. The van der Waals surface area contributed by atoms with Gasteiger partial charge in [-0.25, -0.2) is 13.4 Å². The molecule has 8 nitrogen and oxygen atoms in total. The van der Waals surface area contributed by atoms with Crippen LogP contribution in [-0.2, 0) is 10.0 Å². The number of benzene rings is 1. The van der Waals surface area contributed by atoms with Gasteiger partial charge in [0.2, 0.25) is 16.0 Å². The SMILES string of the molecule is Cc1cnc(Nc2cccc(S(=O)(=O)N3CCN(C)CC3)c2)nc1N. The van der Waals surface area contributed by atoms with Crippen LogP contribution in [-0.4, -0.2) is 60.8 Å². The Balaban J connectivity index is 1.82. The Morgan fingerprint density at radius 3 is 2.60 bits per heavy atom. The van der Waals surface area contributed by atoms with Gasteiger partial charge in [0.05, 0.1) is 4.90 Å². The normalized spacial score (nSPS) is 16.7. The molecule has 0 atom stereocenters. The van der Waals surface area contributed by atoms with Gasteiger partial charge in [-0.2, -0.15) is 9.29 Å². The zero-order valence-electron chi connectivity index (χ0n) is 14.3. The summed E-state index contributed by atoms with van der Waals surface area (Å²) in [5.41, 5.74) is 7.17. The molecule has 134 valence electrons. The molecule has 1 fully saturated rings. The number of hydrogen-bond donors (Lipinski definition) is 2. The second-order valence-electron chi connectivity index (χ2n) is 6.12. The summed E-state index contributed by atoms with van der Waals surface area (Å²) in [6, 6.07) is 6.65. The van der Waals surface area contributed by atoms with Crippen molar-refractivity contribution in [2.45, 2.75) is 11.8 Å². The maximum atomic E-state index is 12.8. The number of piperazine rings is 1. The minimum atomic E-state index is -3.51. The van der Waals surface area contributed by atoms with Crippen molar-refractivity contribution >= 4 is 27.5 Å². The Bertz CT molecular complexity index is 863. The number of rotatable bonds is 4. The van der Waals surface area contributed by atoms with E-state index < -0.39 is 10.0 Å². The van der Waals surface area contributed by atoms with Crippen LogP contribution in [0, 0.1) is 6.92 Å². The number of likely N-dealkylation sites (N-methyl/N-ethyl adjacent to an activating group) is 1. The van der Waals surface area contributed by atoms with E-state index in [4.69, 9.17) is 5.73 Å². The maximum Gasteiger partial charge on any atom is 0.243 e. The molecule has 0 radical (unpaired) electrons. The number of nitrogen functional groups attached to an aromatic ring is 1. The van der Waals surface area contributed by atoms with E-state index in [1.807, 2.05) is 14.0 Å².